The van der Waals surface area contributed by atoms with Crippen LogP contribution in [0.1, 0.15) is 72.6 Å². The van der Waals surface area contributed by atoms with Crippen LogP contribution in [0.4, 0.5) is 0 Å². The van der Waals surface area contributed by atoms with E-state index in [-0.39, 0.29) is 23.6 Å². The predicted octanol–water partition coefficient (Wildman–Crippen LogP) is 3.70. The number of ether oxygens (including phenoxy) is 1. The molecule has 0 amide bonds. The van der Waals surface area contributed by atoms with Crippen LogP contribution in [0.5, 0.6) is 0 Å². The third-order valence-electron chi connectivity index (χ3n) is 5.22. The molecule has 0 spiro atoms. The molecule has 1 aliphatic rings. The van der Waals surface area contributed by atoms with E-state index in [1.54, 1.807) is 0 Å². The molecule has 1 unspecified atom stereocenters. The van der Waals surface area contributed by atoms with Crippen molar-refractivity contribution in [3.05, 3.63) is 12.7 Å². The Hall–Kier alpha value is -1.40. The van der Waals surface area contributed by atoms with E-state index in [4.69, 9.17) is 9.84 Å². The van der Waals surface area contributed by atoms with E-state index in [0.717, 1.165) is 19.4 Å². The Bertz CT molecular complexity index is 482. The average Bonchev–Trinajstić information content (AvgIpc) is 2.48. The lowest BCUT2D eigenvalue weighted by molar-refractivity contribution is -0.165. The molecule has 1 aliphatic heterocycles. The zero-order valence-electron chi connectivity index (χ0n) is 16.7. The minimum absolute atomic E-state index is 0.106. The summed E-state index contributed by atoms with van der Waals surface area (Å²) in [6.45, 7) is 13.3. The standard InChI is InChI=1S/C20H35NO5/c1-6-12-21-19(2,3)13-15(14-20(21,4)5)26-16(18(24)25)10-8-7-9-11-17(22)23/h6,15-16H,1,7-14H2,2-5H3,(H,22,23)(H,24,25). The summed E-state index contributed by atoms with van der Waals surface area (Å²) in [6, 6.07) is 0. The SMILES string of the molecule is C=CCN1C(C)(C)CC(OC(CCCCCC(=O)O)C(=O)O)CC1(C)C. The summed E-state index contributed by atoms with van der Waals surface area (Å²) in [5, 5.41) is 18.2. The van der Waals surface area contributed by atoms with Gasteiger partial charge in [-0.3, -0.25) is 9.69 Å². The van der Waals surface area contributed by atoms with Crippen molar-refractivity contribution in [2.75, 3.05) is 6.54 Å². The summed E-state index contributed by atoms with van der Waals surface area (Å²) in [7, 11) is 0. The number of rotatable bonds is 11. The maximum Gasteiger partial charge on any atom is 0.332 e. The number of carboxylic acids is 2. The minimum Gasteiger partial charge on any atom is -0.481 e. The molecule has 1 rings (SSSR count). The van der Waals surface area contributed by atoms with Gasteiger partial charge in [0.15, 0.2) is 6.10 Å². The smallest absolute Gasteiger partial charge is 0.332 e. The number of carbonyl (C=O) groups is 2. The second-order valence-electron chi connectivity index (χ2n) is 8.51. The van der Waals surface area contributed by atoms with E-state index in [0.29, 0.717) is 25.7 Å². The van der Waals surface area contributed by atoms with Gasteiger partial charge in [0.2, 0.25) is 0 Å². The quantitative estimate of drug-likeness (QED) is 0.426. The molecule has 0 aromatic heterocycles. The van der Waals surface area contributed by atoms with Crippen molar-refractivity contribution in [3.8, 4) is 0 Å². The Morgan fingerprint density at radius 3 is 2.19 bits per heavy atom. The van der Waals surface area contributed by atoms with Gasteiger partial charge >= 0.3 is 11.9 Å². The number of piperidine rings is 1. The molecule has 0 radical (unpaired) electrons. The van der Waals surface area contributed by atoms with Crippen LogP contribution in [0.3, 0.4) is 0 Å². The summed E-state index contributed by atoms with van der Waals surface area (Å²) in [6.07, 6.45) is 4.99. The second-order valence-corrected chi connectivity index (χ2v) is 8.51. The highest BCUT2D eigenvalue weighted by molar-refractivity contribution is 5.72. The summed E-state index contributed by atoms with van der Waals surface area (Å²) >= 11 is 0. The zero-order chi connectivity index (χ0) is 20.0. The van der Waals surface area contributed by atoms with Gasteiger partial charge in [-0.25, -0.2) is 4.79 Å². The topological polar surface area (TPSA) is 87.1 Å². The van der Waals surface area contributed by atoms with Crippen LogP contribution in [0.2, 0.25) is 0 Å². The lowest BCUT2D eigenvalue weighted by atomic mass is 9.78. The maximum absolute atomic E-state index is 11.6. The van der Waals surface area contributed by atoms with Crippen molar-refractivity contribution in [3.63, 3.8) is 0 Å². The molecule has 6 heteroatoms. The third kappa shape index (κ3) is 6.72. The van der Waals surface area contributed by atoms with Gasteiger partial charge in [-0.15, -0.1) is 6.58 Å². The number of nitrogens with zero attached hydrogens (tertiary/aromatic N) is 1. The Kier molecular flexibility index (Phi) is 8.28. The third-order valence-corrected chi connectivity index (χ3v) is 5.22. The number of aliphatic carboxylic acids is 2. The van der Waals surface area contributed by atoms with Crippen molar-refractivity contribution in [1.29, 1.82) is 0 Å². The van der Waals surface area contributed by atoms with Gasteiger partial charge in [0.05, 0.1) is 6.10 Å². The van der Waals surface area contributed by atoms with Gasteiger partial charge in [0.1, 0.15) is 0 Å². The van der Waals surface area contributed by atoms with Crippen molar-refractivity contribution in [2.45, 2.75) is 95.9 Å². The molecule has 0 aromatic carbocycles. The highest BCUT2D eigenvalue weighted by Crippen LogP contribution is 2.39. The zero-order valence-corrected chi connectivity index (χ0v) is 16.7. The molecular formula is C20H35NO5. The van der Waals surface area contributed by atoms with Crippen LogP contribution in [0.25, 0.3) is 0 Å². The second kappa shape index (κ2) is 9.51. The Labute approximate surface area is 157 Å². The molecule has 6 nitrogen and oxygen atoms in total. The summed E-state index contributed by atoms with van der Waals surface area (Å²) < 4.78 is 6.01. The molecule has 1 atom stereocenters. The van der Waals surface area contributed by atoms with Gasteiger partial charge in [-0.1, -0.05) is 18.9 Å². The van der Waals surface area contributed by atoms with E-state index in [2.05, 4.69) is 39.2 Å². The predicted molar refractivity (Wildman–Crippen MR) is 101 cm³/mol. The lowest BCUT2D eigenvalue weighted by Gasteiger charge is -2.55. The van der Waals surface area contributed by atoms with Crippen LogP contribution in [-0.4, -0.2) is 56.9 Å². The van der Waals surface area contributed by atoms with E-state index in [1.165, 1.54) is 0 Å². The van der Waals surface area contributed by atoms with Gasteiger partial charge in [-0.05, 0) is 53.4 Å². The minimum atomic E-state index is -0.938. The largest absolute Gasteiger partial charge is 0.481 e. The monoisotopic (exact) mass is 369 g/mol. The highest BCUT2D eigenvalue weighted by atomic mass is 16.5. The van der Waals surface area contributed by atoms with E-state index in [9.17, 15) is 14.7 Å². The Morgan fingerprint density at radius 1 is 1.15 bits per heavy atom. The van der Waals surface area contributed by atoms with Crippen LogP contribution < -0.4 is 0 Å². The summed E-state index contributed by atoms with van der Waals surface area (Å²) in [5.41, 5.74) is -0.212. The molecule has 2 N–H and O–H groups in total. The average molecular weight is 370 g/mol. The van der Waals surface area contributed by atoms with E-state index in [1.807, 2.05) is 6.08 Å². The Balaban J connectivity index is 2.64. The normalized spacial score (nSPS) is 21.2. The fraction of sp³-hybridized carbons (Fsp3) is 0.800. The van der Waals surface area contributed by atoms with Crippen molar-refractivity contribution in [1.82, 2.24) is 4.90 Å². The fourth-order valence-corrected chi connectivity index (χ4v) is 4.21. The van der Waals surface area contributed by atoms with E-state index < -0.39 is 18.0 Å². The number of hydrogen-bond acceptors (Lipinski definition) is 4. The molecule has 0 aromatic rings. The first kappa shape index (κ1) is 22.6. The van der Waals surface area contributed by atoms with Gasteiger partial charge < -0.3 is 14.9 Å². The molecule has 26 heavy (non-hydrogen) atoms. The van der Waals surface area contributed by atoms with E-state index >= 15 is 0 Å². The Morgan fingerprint density at radius 2 is 1.73 bits per heavy atom. The van der Waals surface area contributed by atoms with Crippen molar-refractivity contribution in [2.24, 2.45) is 0 Å². The molecule has 0 aliphatic carbocycles. The number of hydrogen-bond donors (Lipinski definition) is 2. The number of likely N-dealkylation sites (tertiary alicyclic amines) is 1. The van der Waals surface area contributed by atoms with Crippen LogP contribution in [-0.2, 0) is 14.3 Å². The molecule has 0 saturated carbocycles. The summed E-state index contributed by atoms with van der Waals surface area (Å²) in [4.78, 5) is 24.5. The van der Waals surface area contributed by atoms with Crippen LogP contribution in [0.15, 0.2) is 12.7 Å². The fourth-order valence-electron chi connectivity index (χ4n) is 4.21. The molecular weight excluding hydrogens is 334 g/mol. The highest BCUT2D eigenvalue weighted by Gasteiger charge is 2.45. The van der Waals surface area contributed by atoms with Crippen molar-refractivity contribution >= 4 is 11.9 Å². The molecule has 150 valence electrons. The van der Waals surface area contributed by atoms with Gasteiger partial charge in [0, 0.05) is 24.0 Å². The maximum atomic E-state index is 11.6. The first-order valence-corrected chi connectivity index (χ1v) is 9.48. The van der Waals surface area contributed by atoms with Gasteiger partial charge in [-0.2, -0.15) is 0 Å². The van der Waals surface area contributed by atoms with Gasteiger partial charge in [0.25, 0.3) is 0 Å². The summed E-state index contributed by atoms with van der Waals surface area (Å²) in [5.74, 6) is -1.75. The molecule has 0 bridgehead atoms. The number of unbranched alkanes of at least 4 members (excludes halogenated alkanes) is 2. The van der Waals surface area contributed by atoms with Crippen molar-refractivity contribution < 1.29 is 24.5 Å². The van der Waals surface area contributed by atoms with Crippen LogP contribution in [0, 0.1) is 0 Å². The molecule has 1 saturated heterocycles. The first-order chi connectivity index (χ1) is 12.0. The number of carboxylic acid groups (broad SMARTS) is 2. The first-order valence-electron chi connectivity index (χ1n) is 9.48. The van der Waals surface area contributed by atoms with Crippen LogP contribution >= 0.6 is 0 Å². The molecule has 1 fully saturated rings. The lowest BCUT2D eigenvalue weighted by Crippen LogP contribution is -2.62. The molecule has 1 heterocycles.